The van der Waals surface area contributed by atoms with Gasteiger partial charge in [-0.15, -0.1) is 0 Å². The van der Waals surface area contributed by atoms with Crippen LogP contribution in [-0.2, 0) is 21.3 Å². The zero-order chi connectivity index (χ0) is 26.2. The normalized spacial score (nSPS) is 12.7. The van der Waals surface area contributed by atoms with Crippen molar-refractivity contribution in [2.75, 3.05) is 6.61 Å². The fourth-order valence-electron chi connectivity index (χ4n) is 3.08. The summed E-state index contributed by atoms with van der Waals surface area (Å²) in [6.07, 6.45) is 0. The van der Waals surface area contributed by atoms with Crippen LogP contribution in [0.25, 0.3) is 10.9 Å². The number of halogens is 5. The van der Waals surface area contributed by atoms with Crippen LogP contribution in [0.3, 0.4) is 0 Å². The van der Waals surface area contributed by atoms with Crippen molar-refractivity contribution in [3.8, 4) is 17.6 Å². The Morgan fingerprint density at radius 2 is 1.89 bits per heavy atom. The Bertz CT molecular complexity index is 1410. The van der Waals surface area contributed by atoms with Gasteiger partial charge in [-0.3, -0.25) is 0 Å². The molecular weight excluding hydrogens is 574 g/mol. The molecule has 0 fully saturated rings. The number of alkyl halides is 3. The molecule has 3 aromatic rings. The molecule has 0 atom stereocenters. The van der Waals surface area contributed by atoms with Crippen LogP contribution in [0.2, 0.25) is 25.7 Å². The first-order chi connectivity index (χ1) is 16.1. The lowest BCUT2D eigenvalue weighted by Gasteiger charge is -2.16. The summed E-state index contributed by atoms with van der Waals surface area (Å²) in [6, 6.07) is 7.49. The summed E-state index contributed by atoms with van der Waals surface area (Å²) in [4.78, 5) is -1.03. The van der Waals surface area contributed by atoms with Crippen LogP contribution in [0.1, 0.15) is 5.56 Å². The van der Waals surface area contributed by atoms with Crippen molar-refractivity contribution in [2.45, 2.75) is 42.8 Å². The van der Waals surface area contributed by atoms with Crippen molar-refractivity contribution in [1.82, 2.24) is 9.78 Å². The first kappa shape index (κ1) is 27.1. The quantitative estimate of drug-likeness (QED) is 0.175. The fraction of sp³-hybridized carbons (Fsp3) is 0.333. The number of aromatic nitrogens is 2. The Kier molecular flexibility index (Phi) is 7.66. The Labute approximate surface area is 208 Å². The number of ether oxygens (including phenoxy) is 2. The highest BCUT2D eigenvalue weighted by Gasteiger charge is 2.48. The lowest BCUT2D eigenvalue weighted by molar-refractivity contribution is -0.0435. The van der Waals surface area contributed by atoms with Crippen molar-refractivity contribution in [2.24, 2.45) is 0 Å². The molecule has 0 saturated heterocycles. The van der Waals surface area contributed by atoms with Gasteiger partial charge in [0.1, 0.15) is 33.5 Å². The summed E-state index contributed by atoms with van der Waals surface area (Å²) in [5.74, 6) is -0.978. The number of nitrogens with zero attached hydrogens (tertiary/aromatic N) is 3. The van der Waals surface area contributed by atoms with Crippen LogP contribution in [0.5, 0.6) is 11.5 Å². The molecular formula is C21H20BrF4N3O4SSi. The highest BCUT2D eigenvalue weighted by atomic mass is 79.9. The number of hydrogen-bond acceptors (Lipinski definition) is 6. The highest BCUT2D eigenvalue weighted by molar-refractivity contribution is 9.10. The van der Waals surface area contributed by atoms with Gasteiger partial charge in [-0.05, 0) is 46.2 Å². The van der Waals surface area contributed by atoms with Crippen LogP contribution in [0.15, 0.2) is 39.8 Å². The molecule has 0 N–H and O–H groups in total. The second kappa shape index (κ2) is 9.88. The molecule has 188 valence electrons. The zero-order valence-corrected chi connectivity index (χ0v) is 22.2. The molecule has 3 rings (SSSR count). The lowest BCUT2D eigenvalue weighted by atomic mass is 10.2. The van der Waals surface area contributed by atoms with E-state index in [4.69, 9.17) is 14.7 Å². The molecule has 0 aliphatic rings. The van der Waals surface area contributed by atoms with E-state index >= 15 is 0 Å². The Balaban J connectivity index is 2.15. The number of sulfone groups is 1. The topological polar surface area (TPSA) is 94.2 Å². The predicted molar refractivity (Wildman–Crippen MR) is 126 cm³/mol. The molecule has 0 aliphatic carbocycles. The number of nitriles is 1. The summed E-state index contributed by atoms with van der Waals surface area (Å²) in [5.41, 5.74) is -6.00. The molecule has 0 radical (unpaired) electrons. The molecule has 0 unspecified atom stereocenters. The molecule has 7 nitrogen and oxygen atoms in total. The van der Waals surface area contributed by atoms with E-state index in [0.717, 1.165) is 35.0 Å². The first-order valence-corrected chi connectivity index (χ1v) is 16.1. The van der Waals surface area contributed by atoms with Gasteiger partial charge in [0.15, 0.2) is 0 Å². The summed E-state index contributed by atoms with van der Waals surface area (Å²) in [6.45, 7) is 6.37. The fourth-order valence-corrected chi connectivity index (χ4v) is 5.37. The Morgan fingerprint density at radius 3 is 2.49 bits per heavy atom. The SMILES string of the molecule is C[Si](C)(C)CCOCn1nc(Br)c2c(Oc3cc(F)cc(C#N)c3)ccc(S(=O)(=O)C(F)(F)F)c21. The van der Waals surface area contributed by atoms with Crippen LogP contribution in [0.4, 0.5) is 17.6 Å². The molecule has 0 amide bonds. The third kappa shape index (κ3) is 6.03. The molecule has 0 saturated carbocycles. The predicted octanol–water partition coefficient (Wildman–Crippen LogP) is 6.21. The minimum absolute atomic E-state index is 0.00701. The van der Waals surface area contributed by atoms with Gasteiger partial charge < -0.3 is 9.47 Å². The van der Waals surface area contributed by atoms with E-state index in [1.807, 2.05) is 0 Å². The molecule has 14 heteroatoms. The van der Waals surface area contributed by atoms with Crippen molar-refractivity contribution in [1.29, 1.82) is 5.26 Å². The number of hydrogen-bond donors (Lipinski definition) is 0. The lowest BCUT2D eigenvalue weighted by Crippen LogP contribution is -2.24. The monoisotopic (exact) mass is 593 g/mol. The smallest absolute Gasteiger partial charge is 0.456 e. The van der Waals surface area contributed by atoms with Gasteiger partial charge in [0.05, 0.1) is 22.5 Å². The minimum atomic E-state index is -5.76. The van der Waals surface area contributed by atoms with Crippen molar-refractivity contribution in [3.05, 3.63) is 46.3 Å². The van der Waals surface area contributed by atoms with E-state index in [9.17, 15) is 26.0 Å². The van der Waals surface area contributed by atoms with Gasteiger partial charge in [0, 0.05) is 20.7 Å². The molecule has 1 heterocycles. The van der Waals surface area contributed by atoms with Crippen LogP contribution < -0.4 is 4.74 Å². The van der Waals surface area contributed by atoms with Crippen molar-refractivity contribution < 1.29 is 35.5 Å². The third-order valence-corrected chi connectivity index (χ3v) is 8.59. The summed E-state index contributed by atoms with van der Waals surface area (Å²) in [5, 5.41) is 13.1. The van der Waals surface area contributed by atoms with Crippen molar-refractivity contribution >= 4 is 44.7 Å². The molecule has 0 spiro atoms. The maximum atomic E-state index is 13.8. The minimum Gasteiger partial charge on any atom is -0.456 e. The molecule has 0 bridgehead atoms. The Morgan fingerprint density at radius 1 is 1.20 bits per heavy atom. The van der Waals surface area contributed by atoms with Gasteiger partial charge in [0.2, 0.25) is 0 Å². The average Bonchev–Trinajstić information content (AvgIpc) is 3.06. The van der Waals surface area contributed by atoms with E-state index in [-0.39, 0.29) is 33.8 Å². The maximum Gasteiger partial charge on any atom is 0.501 e. The largest absolute Gasteiger partial charge is 0.501 e. The standard InChI is InChI=1S/C21H20BrF4N3O4SSi/c1-35(2,3)7-6-32-12-29-19-17(34(30,31)21(24,25)26)5-4-16(18(19)20(22)28-29)33-15-9-13(11-27)8-14(23)10-15/h4-5,8-10H,6-7,12H2,1-3H3. The van der Waals surface area contributed by atoms with Crippen LogP contribution in [-0.4, -0.2) is 38.4 Å². The van der Waals surface area contributed by atoms with E-state index < -0.39 is 39.6 Å². The van der Waals surface area contributed by atoms with E-state index in [2.05, 4.69) is 40.7 Å². The summed E-state index contributed by atoms with van der Waals surface area (Å²) >= 11 is 3.15. The highest BCUT2D eigenvalue weighted by Crippen LogP contribution is 2.42. The van der Waals surface area contributed by atoms with Crippen LogP contribution in [0, 0.1) is 17.1 Å². The van der Waals surface area contributed by atoms with Gasteiger partial charge >= 0.3 is 5.51 Å². The summed E-state index contributed by atoms with van der Waals surface area (Å²) < 4.78 is 91.1. The van der Waals surface area contributed by atoms with E-state index in [1.54, 1.807) is 6.07 Å². The molecule has 2 aromatic carbocycles. The second-order valence-electron chi connectivity index (χ2n) is 8.76. The molecule has 1 aromatic heterocycles. The van der Waals surface area contributed by atoms with E-state index in [0.29, 0.717) is 6.61 Å². The van der Waals surface area contributed by atoms with Gasteiger partial charge in [-0.25, -0.2) is 17.5 Å². The van der Waals surface area contributed by atoms with Crippen LogP contribution >= 0.6 is 15.9 Å². The third-order valence-electron chi connectivity index (χ3n) is 4.81. The maximum absolute atomic E-state index is 13.8. The van der Waals surface area contributed by atoms with Gasteiger partial charge in [-0.2, -0.15) is 23.5 Å². The zero-order valence-electron chi connectivity index (χ0n) is 18.8. The number of rotatable bonds is 8. The molecule has 35 heavy (non-hydrogen) atoms. The van der Waals surface area contributed by atoms with Crippen molar-refractivity contribution in [3.63, 3.8) is 0 Å². The average molecular weight is 594 g/mol. The second-order valence-corrected chi connectivity index (χ2v) is 17.0. The number of fused-ring (bicyclic) bond motifs is 1. The van der Waals surface area contributed by atoms with Gasteiger partial charge in [-0.1, -0.05) is 19.6 Å². The summed E-state index contributed by atoms with van der Waals surface area (Å²) in [7, 11) is -7.22. The van der Waals surface area contributed by atoms with Gasteiger partial charge in [0.25, 0.3) is 9.84 Å². The Hall–Kier alpha value is -2.47. The molecule has 0 aliphatic heterocycles. The van der Waals surface area contributed by atoms with E-state index in [1.165, 1.54) is 6.07 Å². The number of benzene rings is 2. The first-order valence-electron chi connectivity index (χ1n) is 10.1.